The number of nitrogens with two attached hydrogens (primary N) is 1. The quantitative estimate of drug-likeness (QED) is 0.324. The number of primary amides is 1. The van der Waals surface area contributed by atoms with Gasteiger partial charge < -0.3 is 21.7 Å². The number of amides is 4. The Bertz CT molecular complexity index is 1080. The van der Waals surface area contributed by atoms with Crippen LogP contribution in [0.5, 0.6) is 0 Å². The highest BCUT2D eigenvalue weighted by Gasteiger charge is 2.45. The van der Waals surface area contributed by atoms with Gasteiger partial charge in [-0.25, -0.2) is 4.79 Å². The number of anilines is 2. The van der Waals surface area contributed by atoms with E-state index in [1.165, 1.54) is 0 Å². The normalized spacial score (nSPS) is 21.7. The molecule has 1 aliphatic heterocycles. The number of carbonyl (C=O) groups is 3. The van der Waals surface area contributed by atoms with Crippen molar-refractivity contribution in [2.75, 3.05) is 17.2 Å². The average Bonchev–Trinajstić information content (AvgIpc) is 3.05. The van der Waals surface area contributed by atoms with E-state index in [0.29, 0.717) is 25.0 Å². The minimum atomic E-state index is -0.815. The smallest absolute Gasteiger partial charge is 0.312 e. The first-order valence-corrected chi connectivity index (χ1v) is 10.5. The van der Waals surface area contributed by atoms with Crippen LogP contribution in [0.1, 0.15) is 12.8 Å². The van der Waals surface area contributed by atoms with Crippen LogP contribution >= 0.6 is 0 Å². The predicted octanol–water partition coefficient (Wildman–Crippen LogP) is 2.49. The van der Waals surface area contributed by atoms with Crippen molar-refractivity contribution in [3.8, 4) is 0 Å². The van der Waals surface area contributed by atoms with Gasteiger partial charge in [0.1, 0.15) is 0 Å². The van der Waals surface area contributed by atoms with E-state index in [-0.39, 0.29) is 11.8 Å². The molecule has 2 aromatic rings. The Morgan fingerprint density at radius 3 is 2.31 bits per heavy atom. The lowest BCUT2D eigenvalue weighted by Crippen LogP contribution is -2.45. The van der Waals surface area contributed by atoms with Gasteiger partial charge in [-0.1, -0.05) is 36.4 Å². The van der Waals surface area contributed by atoms with Crippen LogP contribution in [0.3, 0.4) is 0 Å². The first kappa shape index (κ1) is 21.2. The molecule has 4 amide bonds. The molecule has 0 saturated carbocycles. The van der Waals surface area contributed by atoms with Crippen molar-refractivity contribution in [1.82, 2.24) is 10.6 Å². The van der Waals surface area contributed by atoms with E-state index in [0.717, 1.165) is 17.1 Å². The fourth-order valence-electron chi connectivity index (χ4n) is 4.08. The Balaban J connectivity index is 1.74. The van der Waals surface area contributed by atoms with Gasteiger partial charge in [0.15, 0.2) is 0 Å². The van der Waals surface area contributed by atoms with Gasteiger partial charge in [-0.2, -0.15) is 0 Å². The van der Waals surface area contributed by atoms with Crippen LogP contribution < -0.4 is 27.0 Å². The highest BCUT2D eigenvalue weighted by molar-refractivity contribution is 6.16. The van der Waals surface area contributed by atoms with Crippen LogP contribution in [-0.2, 0) is 9.59 Å². The van der Waals surface area contributed by atoms with Gasteiger partial charge in [0.05, 0.1) is 11.5 Å². The molecule has 164 valence electrons. The Labute approximate surface area is 186 Å². The Hall–Kier alpha value is -4.07. The molecule has 6 N–H and O–H groups in total. The number of fused-ring (bicyclic) bond motifs is 1. The van der Waals surface area contributed by atoms with E-state index < -0.39 is 17.5 Å². The number of carbonyl (C=O) groups excluding carboxylic acids is 3. The van der Waals surface area contributed by atoms with Gasteiger partial charge in [0.2, 0.25) is 5.91 Å². The number of para-hydroxylation sites is 2. The molecule has 1 heterocycles. The topological polar surface area (TPSA) is 125 Å². The zero-order chi connectivity index (χ0) is 22.6. The number of hydrogen-bond donors (Lipinski definition) is 5. The van der Waals surface area contributed by atoms with Crippen LogP contribution in [-0.4, -0.2) is 29.9 Å². The highest BCUT2D eigenvalue weighted by Crippen LogP contribution is 2.39. The van der Waals surface area contributed by atoms with Crippen LogP contribution in [0, 0.1) is 5.92 Å². The molecule has 1 aliphatic carbocycles. The lowest BCUT2D eigenvalue weighted by atomic mass is 9.78. The second-order valence-electron chi connectivity index (χ2n) is 7.82. The van der Waals surface area contributed by atoms with E-state index in [4.69, 9.17) is 5.73 Å². The molecule has 2 atom stereocenters. The van der Waals surface area contributed by atoms with Gasteiger partial charge >= 0.3 is 6.03 Å². The summed E-state index contributed by atoms with van der Waals surface area (Å²) in [6.07, 6.45) is 4.76. The Kier molecular flexibility index (Phi) is 5.93. The summed E-state index contributed by atoms with van der Waals surface area (Å²) >= 11 is 0. The average molecular weight is 431 g/mol. The fourth-order valence-corrected chi connectivity index (χ4v) is 4.08. The van der Waals surface area contributed by atoms with Crippen LogP contribution in [0.25, 0.3) is 0 Å². The van der Waals surface area contributed by atoms with Crippen LogP contribution in [0.4, 0.5) is 16.2 Å². The first-order valence-electron chi connectivity index (χ1n) is 10.5. The summed E-state index contributed by atoms with van der Waals surface area (Å²) in [4.78, 5) is 36.0. The summed E-state index contributed by atoms with van der Waals surface area (Å²) < 4.78 is 0. The Morgan fingerprint density at radius 2 is 1.66 bits per heavy atom. The molecule has 0 spiro atoms. The molecule has 1 saturated heterocycles. The van der Waals surface area contributed by atoms with E-state index >= 15 is 0 Å². The summed E-state index contributed by atoms with van der Waals surface area (Å²) in [5.41, 5.74) is 7.28. The number of rotatable bonds is 8. The third-order valence-electron chi connectivity index (χ3n) is 5.57. The second-order valence-corrected chi connectivity index (χ2v) is 7.82. The standard InChI is InChI=1S/C24H25N5O3/c25-23(32)26-13-7-12-24(29-17-10-5-2-6-11-17)15-19-18(21(30)28-22(19)31)14-20(24)27-16-8-3-1-4-9-16/h1-6,8-11,14-15,18,27,29H,7,12-13H2,(H3,25,26,32)(H,28,30,31). The second kappa shape index (κ2) is 8.97. The third kappa shape index (κ3) is 4.49. The monoisotopic (exact) mass is 431 g/mol. The predicted molar refractivity (Wildman–Crippen MR) is 122 cm³/mol. The number of urea groups is 1. The van der Waals surface area contributed by atoms with Gasteiger partial charge in [-0.15, -0.1) is 0 Å². The zero-order valence-electron chi connectivity index (χ0n) is 17.4. The number of imide groups is 1. The number of nitrogens with one attached hydrogen (secondary N) is 4. The highest BCUT2D eigenvalue weighted by atomic mass is 16.2. The third-order valence-corrected chi connectivity index (χ3v) is 5.57. The van der Waals surface area contributed by atoms with Crippen molar-refractivity contribution in [2.24, 2.45) is 11.7 Å². The van der Waals surface area contributed by atoms with Crippen molar-refractivity contribution in [1.29, 1.82) is 0 Å². The minimum absolute atomic E-state index is 0.336. The lowest BCUT2D eigenvalue weighted by Gasteiger charge is -2.39. The van der Waals surface area contributed by atoms with Gasteiger partial charge in [0.25, 0.3) is 5.91 Å². The number of hydrogen-bond acceptors (Lipinski definition) is 5. The molecular formula is C24H25N5O3. The largest absolute Gasteiger partial charge is 0.371 e. The van der Waals surface area contributed by atoms with Crippen molar-refractivity contribution >= 4 is 29.2 Å². The van der Waals surface area contributed by atoms with E-state index in [2.05, 4.69) is 21.3 Å². The maximum absolute atomic E-state index is 12.5. The molecular weight excluding hydrogens is 406 g/mol. The molecule has 2 unspecified atom stereocenters. The molecule has 1 fully saturated rings. The van der Waals surface area contributed by atoms with Crippen molar-refractivity contribution in [3.63, 3.8) is 0 Å². The van der Waals surface area contributed by atoms with E-state index in [1.807, 2.05) is 66.7 Å². The van der Waals surface area contributed by atoms with Crippen LogP contribution in [0.2, 0.25) is 0 Å². The van der Waals surface area contributed by atoms with Gasteiger partial charge in [0, 0.05) is 29.2 Å². The summed E-state index contributed by atoms with van der Waals surface area (Å²) in [5, 5.41) is 12.0. The molecule has 0 radical (unpaired) electrons. The summed E-state index contributed by atoms with van der Waals surface area (Å²) in [7, 11) is 0. The molecule has 32 heavy (non-hydrogen) atoms. The molecule has 4 rings (SSSR count). The summed E-state index contributed by atoms with van der Waals surface area (Å²) in [5.74, 6) is -1.37. The van der Waals surface area contributed by atoms with E-state index in [1.54, 1.807) is 6.08 Å². The lowest BCUT2D eigenvalue weighted by molar-refractivity contribution is -0.125. The molecule has 8 heteroatoms. The molecule has 8 nitrogen and oxygen atoms in total. The van der Waals surface area contributed by atoms with Gasteiger partial charge in [-0.05, 0) is 49.3 Å². The maximum Gasteiger partial charge on any atom is 0.312 e. The van der Waals surface area contributed by atoms with E-state index in [9.17, 15) is 14.4 Å². The molecule has 0 bridgehead atoms. The maximum atomic E-state index is 12.5. The SMILES string of the molecule is NC(=O)NCCCC1(Nc2ccccc2)C=C2C(=O)NC(=O)C2C=C1Nc1ccccc1. The minimum Gasteiger partial charge on any atom is -0.371 e. The molecule has 0 aromatic heterocycles. The summed E-state index contributed by atoms with van der Waals surface area (Å²) in [6, 6.07) is 18.7. The van der Waals surface area contributed by atoms with Crippen molar-refractivity contribution in [3.05, 3.63) is 84.1 Å². The van der Waals surface area contributed by atoms with Crippen molar-refractivity contribution < 1.29 is 14.4 Å². The first-order chi connectivity index (χ1) is 15.5. The summed E-state index contributed by atoms with van der Waals surface area (Å²) in [6.45, 7) is 0.379. The van der Waals surface area contributed by atoms with Gasteiger partial charge in [-0.3, -0.25) is 14.9 Å². The van der Waals surface area contributed by atoms with Crippen LogP contribution in [0.15, 0.2) is 84.1 Å². The van der Waals surface area contributed by atoms with Crippen molar-refractivity contribution in [2.45, 2.75) is 18.4 Å². The molecule has 2 aliphatic rings. The Morgan fingerprint density at radius 1 is 1.00 bits per heavy atom. The zero-order valence-corrected chi connectivity index (χ0v) is 17.4. The number of benzene rings is 2. The molecule has 2 aromatic carbocycles. The fraction of sp³-hybridized carbons (Fsp3) is 0.208.